The third-order valence-corrected chi connectivity index (χ3v) is 3.77. The summed E-state index contributed by atoms with van der Waals surface area (Å²) in [6.45, 7) is 1.81. The number of anilines is 1. The molecule has 1 aromatic carbocycles. The van der Waals surface area contributed by atoms with Gasteiger partial charge in [-0.05, 0) is 24.6 Å². The lowest BCUT2D eigenvalue weighted by atomic mass is 9.97. The molecule has 0 saturated heterocycles. The molecule has 3 rings (SSSR count). The second-order valence-corrected chi connectivity index (χ2v) is 5.39. The number of methoxy groups -OCH3 is 1. The Morgan fingerprint density at radius 2 is 2.17 bits per heavy atom. The number of pyridine rings is 1. The molecular formula is C17H17N3O3. The Morgan fingerprint density at radius 3 is 2.96 bits per heavy atom. The van der Waals surface area contributed by atoms with Gasteiger partial charge >= 0.3 is 0 Å². The summed E-state index contributed by atoms with van der Waals surface area (Å²) in [5.74, 6) is -0.00428. The molecule has 1 unspecified atom stereocenters. The quantitative estimate of drug-likeness (QED) is 0.911. The van der Waals surface area contributed by atoms with Gasteiger partial charge in [-0.3, -0.25) is 14.6 Å². The number of benzene rings is 1. The van der Waals surface area contributed by atoms with Gasteiger partial charge in [-0.2, -0.15) is 0 Å². The Labute approximate surface area is 133 Å². The smallest absolute Gasteiger partial charge is 0.255 e. The van der Waals surface area contributed by atoms with Crippen LogP contribution in [0.5, 0.6) is 5.75 Å². The largest absolute Gasteiger partial charge is 0.494 e. The van der Waals surface area contributed by atoms with Crippen LogP contribution in [0.2, 0.25) is 0 Å². The van der Waals surface area contributed by atoms with Crippen molar-refractivity contribution in [3.8, 4) is 5.75 Å². The Kier molecular flexibility index (Phi) is 3.97. The number of nitrogens with one attached hydrogen (secondary N) is 2. The van der Waals surface area contributed by atoms with Crippen LogP contribution in [-0.4, -0.2) is 23.9 Å². The highest BCUT2D eigenvalue weighted by Gasteiger charge is 2.27. The van der Waals surface area contributed by atoms with Crippen LogP contribution in [0.3, 0.4) is 0 Å². The van der Waals surface area contributed by atoms with Crippen LogP contribution in [0.15, 0.2) is 36.5 Å². The number of hydrogen-bond donors (Lipinski definition) is 2. The highest BCUT2D eigenvalue weighted by Crippen LogP contribution is 2.30. The molecule has 0 spiro atoms. The number of para-hydroxylation sites is 1. The van der Waals surface area contributed by atoms with E-state index in [2.05, 4.69) is 15.6 Å². The molecule has 2 heterocycles. The van der Waals surface area contributed by atoms with Crippen molar-refractivity contribution in [1.29, 1.82) is 0 Å². The SMILES string of the molecule is COc1cnc(C)cc1C(=O)NC1CC(=O)Nc2ccccc21. The highest BCUT2D eigenvalue weighted by molar-refractivity contribution is 5.99. The summed E-state index contributed by atoms with van der Waals surface area (Å²) in [5.41, 5.74) is 2.75. The van der Waals surface area contributed by atoms with Gasteiger partial charge in [0.1, 0.15) is 5.75 Å². The van der Waals surface area contributed by atoms with Crippen molar-refractivity contribution >= 4 is 17.5 Å². The Morgan fingerprint density at radius 1 is 1.39 bits per heavy atom. The van der Waals surface area contributed by atoms with Crippen molar-refractivity contribution in [1.82, 2.24) is 10.3 Å². The lowest BCUT2D eigenvalue weighted by Crippen LogP contribution is -2.35. The van der Waals surface area contributed by atoms with Crippen LogP contribution >= 0.6 is 0 Å². The van der Waals surface area contributed by atoms with Gasteiger partial charge in [0.2, 0.25) is 5.91 Å². The third-order valence-electron chi connectivity index (χ3n) is 3.77. The lowest BCUT2D eigenvalue weighted by Gasteiger charge is -2.26. The van der Waals surface area contributed by atoms with Crippen LogP contribution in [0.25, 0.3) is 0 Å². The molecule has 0 bridgehead atoms. The number of amides is 2. The summed E-state index contributed by atoms with van der Waals surface area (Å²) in [6, 6.07) is 8.75. The first kappa shape index (κ1) is 15.0. The maximum absolute atomic E-state index is 12.6. The molecule has 6 heteroatoms. The molecule has 2 aromatic rings. The summed E-state index contributed by atoms with van der Waals surface area (Å²) in [4.78, 5) is 28.6. The molecule has 118 valence electrons. The van der Waals surface area contributed by atoms with Crippen molar-refractivity contribution in [2.75, 3.05) is 12.4 Å². The van der Waals surface area contributed by atoms with E-state index in [1.54, 1.807) is 13.0 Å². The van der Waals surface area contributed by atoms with Crippen LogP contribution in [-0.2, 0) is 4.79 Å². The third kappa shape index (κ3) is 3.01. The summed E-state index contributed by atoms with van der Waals surface area (Å²) >= 11 is 0. The van der Waals surface area contributed by atoms with Crippen molar-refractivity contribution in [2.45, 2.75) is 19.4 Å². The van der Waals surface area contributed by atoms with E-state index >= 15 is 0 Å². The Bertz CT molecular complexity index is 773. The fourth-order valence-corrected chi connectivity index (χ4v) is 2.66. The van der Waals surface area contributed by atoms with Gasteiger partial charge in [-0.25, -0.2) is 0 Å². The molecule has 0 radical (unpaired) electrons. The van der Waals surface area contributed by atoms with Crippen molar-refractivity contribution in [3.63, 3.8) is 0 Å². The van der Waals surface area contributed by atoms with E-state index in [9.17, 15) is 9.59 Å². The predicted octanol–water partition coefficient (Wildman–Crippen LogP) is 2.21. The topological polar surface area (TPSA) is 80.3 Å². The number of aryl methyl sites for hydroxylation is 1. The fraction of sp³-hybridized carbons (Fsp3) is 0.235. The van der Waals surface area contributed by atoms with Gasteiger partial charge in [0.25, 0.3) is 5.91 Å². The number of fused-ring (bicyclic) bond motifs is 1. The van der Waals surface area contributed by atoms with E-state index in [-0.39, 0.29) is 24.3 Å². The van der Waals surface area contributed by atoms with Crippen molar-refractivity contribution < 1.29 is 14.3 Å². The van der Waals surface area contributed by atoms with Crippen LogP contribution in [0.1, 0.15) is 34.1 Å². The van der Waals surface area contributed by atoms with Crippen molar-refractivity contribution in [2.24, 2.45) is 0 Å². The van der Waals surface area contributed by atoms with Gasteiger partial charge in [-0.1, -0.05) is 18.2 Å². The number of carbonyl (C=O) groups is 2. The molecule has 2 N–H and O–H groups in total. The first-order valence-corrected chi connectivity index (χ1v) is 7.28. The van der Waals surface area contributed by atoms with Gasteiger partial charge in [-0.15, -0.1) is 0 Å². The molecular weight excluding hydrogens is 294 g/mol. The summed E-state index contributed by atoms with van der Waals surface area (Å²) in [6.07, 6.45) is 1.72. The average molecular weight is 311 g/mol. The molecule has 6 nitrogen and oxygen atoms in total. The number of carbonyl (C=O) groups excluding carboxylic acids is 2. The predicted molar refractivity (Wildman–Crippen MR) is 85.4 cm³/mol. The minimum absolute atomic E-state index is 0.119. The highest BCUT2D eigenvalue weighted by atomic mass is 16.5. The first-order chi connectivity index (χ1) is 11.1. The average Bonchev–Trinajstić information content (AvgIpc) is 2.54. The number of rotatable bonds is 3. The van der Waals surface area contributed by atoms with E-state index in [0.29, 0.717) is 11.3 Å². The summed E-state index contributed by atoms with van der Waals surface area (Å²) in [5, 5.41) is 5.73. The van der Waals surface area contributed by atoms with Gasteiger partial charge in [0.15, 0.2) is 0 Å². The van der Waals surface area contributed by atoms with E-state index in [0.717, 1.165) is 16.9 Å². The monoisotopic (exact) mass is 311 g/mol. The minimum Gasteiger partial charge on any atom is -0.494 e. The van der Waals surface area contributed by atoms with E-state index in [1.165, 1.54) is 13.3 Å². The van der Waals surface area contributed by atoms with Gasteiger partial charge < -0.3 is 15.4 Å². The zero-order chi connectivity index (χ0) is 16.4. The zero-order valence-electron chi connectivity index (χ0n) is 12.9. The minimum atomic E-state index is -0.370. The maximum Gasteiger partial charge on any atom is 0.255 e. The Hall–Kier alpha value is -2.89. The standard InChI is InChI=1S/C17H17N3O3/c1-10-7-12(15(23-2)9-18-10)17(22)20-14-8-16(21)19-13-6-4-3-5-11(13)14/h3-7,9,14H,8H2,1-2H3,(H,19,21)(H,20,22). The molecule has 1 atom stereocenters. The van der Waals surface area contributed by atoms with Crippen molar-refractivity contribution in [3.05, 3.63) is 53.3 Å². The number of ether oxygens (including phenoxy) is 1. The second-order valence-electron chi connectivity index (χ2n) is 5.39. The van der Waals surface area contributed by atoms with Crippen LogP contribution < -0.4 is 15.4 Å². The second kappa shape index (κ2) is 6.08. The molecule has 1 aliphatic rings. The van der Waals surface area contributed by atoms with Gasteiger partial charge in [0.05, 0.1) is 31.3 Å². The van der Waals surface area contributed by atoms with Crippen LogP contribution in [0.4, 0.5) is 5.69 Å². The zero-order valence-corrected chi connectivity index (χ0v) is 12.9. The molecule has 23 heavy (non-hydrogen) atoms. The molecule has 0 fully saturated rings. The lowest BCUT2D eigenvalue weighted by molar-refractivity contribution is -0.116. The van der Waals surface area contributed by atoms with Gasteiger partial charge in [0, 0.05) is 11.4 Å². The molecule has 2 amide bonds. The molecule has 0 aliphatic carbocycles. The number of aromatic nitrogens is 1. The van der Waals surface area contributed by atoms with E-state index < -0.39 is 0 Å². The van der Waals surface area contributed by atoms with Crippen LogP contribution in [0, 0.1) is 6.92 Å². The molecule has 1 aliphatic heterocycles. The fourth-order valence-electron chi connectivity index (χ4n) is 2.66. The maximum atomic E-state index is 12.6. The Balaban J connectivity index is 1.89. The molecule has 0 saturated carbocycles. The van der Waals surface area contributed by atoms with E-state index in [1.807, 2.05) is 24.3 Å². The summed E-state index contributed by atoms with van der Waals surface area (Å²) < 4.78 is 5.20. The first-order valence-electron chi connectivity index (χ1n) is 7.28. The molecule has 1 aromatic heterocycles. The van der Waals surface area contributed by atoms with E-state index in [4.69, 9.17) is 4.74 Å². The summed E-state index contributed by atoms with van der Waals surface area (Å²) in [7, 11) is 1.49. The normalized spacial score (nSPS) is 16.3. The number of nitrogens with zero attached hydrogens (tertiary/aromatic N) is 1. The number of hydrogen-bond acceptors (Lipinski definition) is 4.